The number of hydrogen-bond donors (Lipinski definition) is 2. The predicted molar refractivity (Wildman–Crippen MR) is 99.6 cm³/mol. The molecule has 1 aromatic carbocycles. The quantitative estimate of drug-likeness (QED) is 0.648. The maximum absolute atomic E-state index is 10.0. The molecule has 4 nitrogen and oxygen atoms in total. The molecule has 0 aliphatic rings. The molecule has 0 aliphatic heterocycles. The lowest BCUT2D eigenvalue weighted by atomic mass is 10.1. The third kappa shape index (κ3) is 5.52. The maximum atomic E-state index is 10.0. The first kappa shape index (κ1) is 18.2. The third-order valence-electron chi connectivity index (χ3n) is 4.15. The Balaban J connectivity index is 1.67. The smallest absolute Gasteiger partial charge is 0.223 e. The van der Waals surface area contributed by atoms with Crippen LogP contribution in [0.5, 0.6) is 5.75 Å². The number of anilines is 1. The van der Waals surface area contributed by atoms with Crippen molar-refractivity contribution in [1.82, 2.24) is 9.97 Å². The average molecular weight is 327 g/mol. The van der Waals surface area contributed by atoms with Crippen molar-refractivity contribution in [1.29, 1.82) is 0 Å². The van der Waals surface area contributed by atoms with Crippen LogP contribution in [0.4, 0.5) is 5.95 Å². The van der Waals surface area contributed by atoms with Gasteiger partial charge in [0.25, 0.3) is 0 Å². The van der Waals surface area contributed by atoms with Gasteiger partial charge in [0, 0.05) is 6.54 Å². The molecule has 4 heteroatoms. The Morgan fingerprint density at radius 2 is 1.71 bits per heavy atom. The molecule has 1 heterocycles. The number of unbranched alkanes of at least 4 members (excludes halogenated alkanes) is 3. The SMILES string of the molecule is Cc1nc(NCCCCCCc2ccccc2)nc(C(C)C)c1O. The largest absolute Gasteiger partial charge is 0.504 e. The molecule has 0 unspecified atom stereocenters. The Hall–Kier alpha value is -2.10. The average Bonchev–Trinajstić information content (AvgIpc) is 2.57. The van der Waals surface area contributed by atoms with Crippen molar-refractivity contribution in [3.8, 4) is 5.75 Å². The summed E-state index contributed by atoms with van der Waals surface area (Å²) in [6, 6.07) is 10.7. The van der Waals surface area contributed by atoms with Crippen LogP contribution < -0.4 is 5.32 Å². The van der Waals surface area contributed by atoms with Crippen LogP contribution in [0.1, 0.15) is 62.4 Å². The van der Waals surface area contributed by atoms with Crippen LogP contribution in [0.15, 0.2) is 30.3 Å². The highest BCUT2D eigenvalue weighted by Crippen LogP contribution is 2.26. The zero-order valence-corrected chi connectivity index (χ0v) is 15.0. The van der Waals surface area contributed by atoms with Crippen LogP contribution in [0.2, 0.25) is 0 Å². The lowest BCUT2D eigenvalue weighted by Crippen LogP contribution is -2.09. The van der Waals surface area contributed by atoms with Crippen LogP contribution in [0.3, 0.4) is 0 Å². The van der Waals surface area contributed by atoms with E-state index in [0.717, 1.165) is 19.4 Å². The summed E-state index contributed by atoms with van der Waals surface area (Å²) in [5.74, 6) is 1.03. The second kappa shape index (κ2) is 9.26. The van der Waals surface area contributed by atoms with E-state index in [1.165, 1.54) is 24.8 Å². The highest BCUT2D eigenvalue weighted by Gasteiger charge is 2.13. The Kier molecular flexibility index (Phi) is 7.04. The summed E-state index contributed by atoms with van der Waals surface area (Å²) in [7, 11) is 0. The molecule has 2 rings (SSSR count). The van der Waals surface area contributed by atoms with Gasteiger partial charge in [-0.25, -0.2) is 9.97 Å². The van der Waals surface area contributed by atoms with Gasteiger partial charge in [-0.2, -0.15) is 0 Å². The van der Waals surface area contributed by atoms with Gasteiger partial charge in [0.15, 0.2) is 5.75 Å². The molecule has 0 radical (unpaired) electrons. The molecule has 2 aromatic rings. The molecule has 130 valence electrons. The van der Waals surface area contributed by atoms with Gasteiger partial charge in [-0.05, 0) is 37.7 Å². The number of nitrogens with one attached hydrogen (secondary N) is 1. The van der Waals surface area contributed by atoms with E-state index in [1.54, 1.807) is 0 Å². The number of rotatable bonds is 9. The highest BCUT2D eigenvalue weighted by molar-refractivity contribution is 5.39. The van der Waals surface area contributed by atoms with Crippen molar-refractivity contribution in [3.63, 3.8) is 0 Å². The predicted octanol–water partition coefficient (Wildman–Crippen LogP) is 4.83. The van der Waals surface area contributed by atoms with E-state index >= 15 is 0 Å². The lowest BCUT2D eigenvalue weighted by molar-refractivity contribution is 0.451. The lowest BCUT2D eigenvalue weighted by Gasteiger charge is -2.12. The zero-order valence-electron chi connectivity index (χ0n) is 15.0. The Bertz CT molecular complexity index is 626. The topological polar surface area (TPSA) is 58.0 Å². The summed E-state index contributed by atoms with van der Waals surface area (Å²) in [5.41, 5.74) is 2.77. The molecule has 0 spiro atoms. The van der Waals surface area contributed by atoms with Crippen LogP contribution in [-0.2, 0) is 6.42 Å². The molecule has 0 saturated carbocycles. The highest BCUT2D eigenvalue weighted by atomic mass is 16.3. The fraction of sp³-hybridized carbons (Fsp3) is 0.500. The van der Waals surface area contributed by atoms with Crippen molar-refractivity contribution in [3.05, 3.63) is 47.3 Å². The Labute approximate surface area is 145 Å². The molecule has 0 amide bonds. The maximum Gasteiger partial charge on any atom is 0.223 e. The van der Waals surface area contributed by atoms with Crippen molar-refractivity contribution < 1.29 is 5.11 Å². The summed E-state index contributed by atoms with van der Waals surface area (Å²) < 4.78 is 0. The van der Waals surface area contributed by atoms with E-state index in [1.807, 2.05) is 20.8 Å². The van der Waals surface area contributed by atoms with E-state index in [-0.39, 0.29) is 11.7 Å². The van der Waals surface area contributed by atoms with Crippen molar-refractivity contribution in [2.24, 2.45) is 0 Å². The summed E-state index contributed by atoms with van der Waals surface area (Å²) in [4.78, 5) is 8.75. The van der Waals surface area contributed by atoms with E-state index in [0.29, 0.717) is 17.3 Å². The van der Waals surface area contributed by atoms with Gasteiger partial charge >= 0.3 is 0 Å². The number of nitrogens with zero attached hydrogens (tertiary/aromatic N) is 2. The number of benzene rings is 1. The second-order valence-corrected chi connectivity index (χ2v) is 6.60. The van der Waals surface area contributed by atoms with Gasteiger partial charge in [0.05, 0.1) is 11.4 Å². The van der Waals surface area contributed by atoms with Gasteiger partial charge in [-0.3, -0.25) is 0 Å². The number of aryl methyl sites for hydroxylation is 2. The molecule has 0 bridgehead atoms. The van der Waals surface area contributed by atoms with Gasteiger partial charge < -0.3 is 10.4 Å². The summed E-state index contributed by atoms with van der Waals surface area (Å²) in [6.45, 7) is 6.74. The molecule has 2 N–H and O–H groups in total. The third-order valence-corrected chi connectivity index (χ3v) is 4.15. The van der Waals surface area contributed by atoms with E-state index in [2.05, 4.69) is 45.6 Å². The molecule has 0 aliphatic carbocycles. The van der Waals surface area contributed by atoms with Crippen LogP contribution >= 0.6 is 0 Å². The molecule has 0 saturated heterocycles. The van der Waals surface area contributed by atoms with Gasteiger partial charge in [-0.1, -0.05) is 57.0 Å². The summed E-state index contributed by atoms with van der Waals surface area (Å²) in [6.07, 6.45) is 5.94. The van der Waals surface area contributed by atoms with Crippen LogP contribution in [0.25, 0.3) is 0 Å². The summed E-state index contributed by atoms with van der Waals surface area (Å²) >= 11 is 0. The number of aromatic nitrogens is 2. The first-order chi connectivity index (χ1) is 11.6. The molecule has 0 fully saturated rings. The van der Waals surface area contributed by atoms with Gasteiger partial charge in [-0.15, -0.1) is 0 Å². The normalized spacial score (nSPS) is 11.0. The van der Waals surface area contributed by atoms with Crippen molar-refractivity contribution >= 4 is 5.95 Å². The number of hydrogen-bond acceptors (Lipinski definition) is 4. The van der Waals surface area contributed by atoms with E-state index < -0.39 is 0 Å². The second-order valence-electron chi connectivity index (χ2n) is 6.60. The van der Waals surface area contributed by atoms with Crippen molar-refractivity contribution in [2.75, 3.05) is 11.9 Å². The van der Waals surface area contributed by atoms with Crippen LogP contribution in [0, 0.1) is 6.92 Å². The standard InChI is InChI=1S/C20H29N3O/c1-15(2)18-19(24)16(3)22-20(23-18)21-14-10-5-4-7-11-17-12-8-6-9-13-17/h6,8-9,12-13,15,24H,4-5,7,10-11,14H2,1-3H3,(H,21,22,23). The fourth-order valence-electron chi connectivity index (χ4n) is 2.72. The van der Waals surface area contributed by atoms with Crippen LogP contribution in [-0.4, -0.2) is 21.6 Å². The monoisotopic (exact) mass is 327 g/mol. The summed E-state index contributed by atoms with van der Waals surface area (Å²) in [5, 5.41) is 13.3. The molecule has 1 aromatic heterocycles. The van der Waals surface area contributed by atoms with Gasteiger partial charge in [0.2, 0.25) is 5.95 Å². The zero-order chi connectivity index (χ0) is 17.4. The molecular formula is C20H29N3O. The van der Waals surface area contributed by atoms with E-state index in [9.17, 15) is 5.11 Å². The minimum Gasteiger partial charge on any atom is -0.504 e. The number of aromatic hydroxyl groups is 1. The van der Waals surface area contributed by atoms with Gasteiger partial charge in [0.1, 0.15) is 0 Å². The molecule has 0 atom stereocenters. The van der Waals surface area contributed by atoms with Crippen molar-refractivity contribution in [2.45, 2.75) is 58.8 Å². The fourth-order valence-corrected chi connectivity index (χ4v) is 2.72. The minimum atomic E-state index is 0.185. The Morgan fingerprint density at radius 1 is 1.00 bits per heavy atom. The molecular weight excluding hydrogens is 298 g/mol. The van der Waals surface area contributed by atoms with E-state index in [4.69, 9.17) is 0 Å². The Morgan fingerprint density at radius 3 is 2.42 bits per heavy atom. The first-order valence-corrected chi connectivity index (χ1v) is 8.93. The molecule has 24 heavy (non-hydrogen) atoms. The minimum absolute atomic E-state index is 0.185. The first-order valence-electron chi connectivity index (χ1n) is 8.93.